The molecule has 0 aromatic rings. The normalized spacial score (nSPS) is 7.33. The summed E-state index contributed by atoms with van der Waals surface area (Å²) in [6.07, 6.45) is 0.245. The molecule has 0 bridgehead atoms. The lowest BCUT2D eigenvalue weighted by molar-refractivity contribution is -0.139. The maximum absolute atomic E-state index is 9.87. The van der Waals surface area contributed by atoms with Crippen molar-refractivity contribution in [1.82, 2.24) is 0 Å². The summed E-state index contributed by atoms with van der Waals surface area (Å²) >= 11 is 0. The van der Waals surface area contributed by atoms with E-state index in [1.54, 1.807) is 0 Å². The van der Waals surface area contributed by atoms with Crippen LogP contribution in [0.15, 0.2) is 25.0 Å². The Morgan fingerprint density at radius 1 is 1.33 bits per heavy atom. The molecule has 0 heterocycles. The number of carboxylic acid groups (broad SMARTS) is 2. The Hall–Kier alpha value is -1.78. The number of carbonyl (C=O) groups is 2. The first-order valence-corrected chi connectivity index (χ1v) is 2.83. The number of aliphatic hydroxyl groups is 1. The number of aliphatic carboxylic acids is 2. The molecule has 0 fully saturated rings. The Kier molecular flexibility index (Phi) is 7.85. The Bertz CT molecular complexity index is 194. The smallest absolute Gasteiger partial charge is 0.331 e. The molecule has 68 valence electrons. The highest BCUT2D eigenvalue weighted by atomic mass is 16.4. The maximum Gasteiger partial charge on any atom is 0.331 e. The fourth-order valence-corrected chi connectivity index (χ4v) is 0.258. The van der Waals surface area contributed by atoms with Crippen molar-refractivity contribution in [2.24, 2.45) is 0 Å². The van der Waals surface area contributed by atoms with Crippen LogP contribution in [-0.2, 0) is 9.59 Å². The van der Waals surface area contributed by atoms with Gasteiger partial charge in [-0.05, 0) is 0 Å². The summed E-state index contributed by atoms with van der Waals surface area (Å²) in [6.45, 7) is 5.93. The highest BCUT2D eigenvalue weighted by Crippen LogP contribution is 1.95. The van der Waals surface area contributed by atoms with E-state index in [4.69, 9.17) is 15.3 Å². The van der Waals surface area contributed by atoms with Gasteiger partial charge in [0.1, 0.15) is 0 Å². The highest BCUT2D eigenvalue weighted by molar-refractivity contribution is 5.91. The maximum atomic E-state index is 9.87. The molecule has 0 aromatic carbocycles. The van der Waals surface area contributed by atoms with Crippen molar-refractivity contribution in [3.63, 3.8) is 0 Å². The monoisotopic (exact) mass is 174 g/mol. The second kappa shape index (κ2) is 7.33. The van der Waals surface area contributed by atoms with Crippen molar-refractivity contribution in [2.75, 3.05) is 0 Å². The van der Waals surface area contributed by atoms with E-state index in [-0.39, 0.29) is 5.57 Å². The lowest BCUT2D eigenvalue weighted by Gasteiger charge is -1.91. The molecule has 3 N–H and O–H groups in total. The minimum atomic E-state index is -1.27. The van der Waals surface area contributed by atoms with Crippen LogP contribution >= 0.6 is 0 Å². The minimum absolute atomic E-state index is 0.303. The predicted molar refractivity (Wildman–Crippen MR) is 41.9 cm³/mol. The minimum Gasteiger partial charge on any atom is -0.516 e. The lowest BCUT2D eigenvalue weighted by atomic mass is 10.2. The fourth-order valence-electron chi connectivity index (χ4n) is 0.258. The zero-order valence-corrected chi connectivity index (χ0v) is 6.36. The molecule has 0 saturated carbocycles. The lowest BCUT2D eigenvalue weighted by Crippen LogP contribution is -2.04. The molecule has 0 spiro atoms. The zero-order chi connectivity index (χ0) is 10.1. The van der Waals surface area contributed by atoms with Crippen LogP contribution in [0.3, 0.4) is 0 Å². The van der Waals surface area contributed by atoms with Crippen LogP contribution in [0.4, 0.5) is 0 Å². The molecular weight excluding hydrogens is 164 g/mol. The molecular formula is C7H10O5. The van der Waals surface area contributed by atoms with Crippen molar-refractivity contribution in [3.8, 4) is 0 Å². The SMILES string of the molecule is C=C(CC(=O)O)C(=O)O.C=CO. The van der Waals surface area contributed by atoms with E-state index < -0.39 is 18.4 Å². The summed E-state index contributed by atoms with van der Waals surface area (Å²) in [5.41, 5.74) is -0.303. The molecule has 12 heavy (non-hydrogen) atoms. The molecule has 0 aromatic heterocycles. The van der Waals surface area contributed by atoms with Crippen molar-refractivity contribution in [2.45, 2.75) is 6.42 Å². The van der Waals surface area contributed by atoms with E-state index in [0.29, 0.717) is 0 Å². The van der Waals surface area contributed by atoms with Crippen LogP contribution in [0, 0.1) is 0 Å². The molecule has 0 aliphatic carbocycles. The number of hydrogen-bond donors (Lipinski definition) is 3. The number of rotatable bonds is 3. The third-order valence-electron chi connectivity index (χ3n) is 0.667. The van der Waals surface area contributed by atoms with E-state index in [2.05, 4.69) is 13.2 Å². The fraction of sp³-hybridized carbons (Fsp3) is 0.143. The Morgan fingerprint density at radius 2 is 1.67 bits per heavy atom. The largest absolute Gasteiger partial charge is 0.516 e. The first kappa shape index (κ1) is 12.9. The zero-order valence-electron chi connectivity index (χ0n) is 6.36. The van der Waals surface area contributed by atoms with Gasteiger partial charge < -0.3 is 15.3 Å². The summed E-state index contributed by atoms with van der Waals surface area (Å²) < 4.78 is 0. The van der Waals surface area contributed by atoms with E-state index in [1.807, 2.05) is 0 Å². The molecule has 5 nitrogen and oxygen atoms in total. The van der Waals surface area contributed by atoms with Crippen molar-refractivity contribution in [3.05, 3.63) is 25.0 Å². The molecule has 0 saturated heterocycles. The summed E-state index contributed by atoms with van der Waals surface area (Å²) in [4.78, 5) is 19.7. The van der Waals surface area contributed by atoms with Gasteiger partial charge in [-0.25, -0.2) is 4.79 Å². The third kappa shape index (κ3) is 11.1. The van der Waals surface area contributed by atoms with Gasteiger partial charge in [-0.1, -0.05) is 13.2 Å². The summed E-state index contributed by atoms with van der Waals surface area (Å²) in [7, 11) is 0. The third-order valence-corrected chi connectivity index (χ3v) is 0.667. The van der Waals surface area contributed by atoms with Crippen LogP contribution in [0.25, 0.3) is 0 Å². The van der Waals surface area contributed by atoms with Crippen LogP contribution in [0.2, 0.25) is 0 Å². The average Bonchev–Trinajstić information content (AvgIpc) is 1.87. The topological polar surface area (TPSA) is 94.8 Å². The molecule has 0 radical (unpaired) electrons. The van der Waals surface area contributed by atoms with Gasteiger partial charge in [0.15, 0.2) is 0 Å². The van der Waals surface area contributed by atoms with Crippen molar-refractivity contribution >= 4 is 11.9 Å². The molecule has 0 aliphatic heterocycles. The van der Waals surface area contributed by atoms with E-state index in [9.17, 15) is 9.59 Å². The summed E-state index contributed by atoms with van der Waals surface area (Å²) in [5, 5.41) is 23.4. The number of hydrogen-bond acceptors (Lipinski definition) is 3. The van der Waals surface area contributed by atoms with Gasteiger partial charge in [0, 0.05) is 5.57 Å². The molecule has 0 aliphatic rings. The van der Waals surface area contributed by atoms with E-state index in [1.165, 1.54) is 0 Å². The van der Waals surface area contributed by atoms with Crippen molar-refractivity contribution in [1.29, 1.82) is 0 Å². The summed E-state index contributed by atoms with van der Waals surface area (Å²) in [6, 6.07) is 0. The first-order valence-electron chi connectivity index (χ1n) is 2.83. The number of aliphatic hydroxyl groups excluding tert-OH is 1. The predicted octanol–water partition coefficient (Wildman–Crippen LogP) is 0.790. The van der Waals surface area contributed by atoms with Gasteiger partial charge in [0.05, 0.1) is 12.7 Å². The van der Waals surface area contributed by atoms with Gasteiger partial charge in [-0.15, -0.1) is 0 Å². The van der Waals surface area contributed by atoms with Gasteiger partial charge in [-0.3, -0.25) is 4.79 Å². The Balaban J connectivity index is 0. The van der Waals surface area contributed by atoms with Crippen LogP contribution in [0.5, 0.6) is 0 Å². The van der Waals surface area contributed by atoms with Crippen LogP contribution < -0.4 is 0 Å². The second-order valence-corrected chi connectivity index (χ2v) is 1.66. The Labute approximate surface area is 69.3 Å². The van der Waals surface area contributed by atoms with Gasteiger partial charge in [0.2, 0.25) is 0 Å². The summed E-state index contributed by atoms with van der Waals surface area (Å²) in [5.74, 6) is -2.44. The molecule has 0 amide bonds. The quantitative estimate of drug-likeness (QED) is 0.434. The van der Waals surface area contributed by atoms with Crippen LogP contribution in [-0.4, -0.2) is 27.3 Å². The molecule has 5 heteroatoms. The van der Waals surface area contributed by atoms with Gasteiger partial charge in [-0.2, -0.15) is 0 Å². The number of carboxylic acids is 2. The standard InChI is InChI=1S/C5H6O4.C2H4O/c1-3(5(8)9)2-4(6)7;1-2-3/h1-2H2,(H,6,7)(H,8,9);2-3H,1H2. The van der Waals surface area contributed by atoms with E-state index in [0.717, 1.165) is 6.26 Å². The molecule has 0 rings (SSSR count). The molecule has 0 atom stereocenters. The van der Waals surface area contributed by atoms with Crippen molar-refractivity contribution < 1.29 is 24.9 Å². The van der Waals surface area contributed by atoms with Crippen LogP contribution in [0.1, 0.15) is 6.42 Å². The van der Waals surface area contributed by atoms with Gasteiger partial charge >= 0.3 is 11.9 Å². The molecule has 0 unspecified atom stereocenters. The average molecular weight is 174 g/mol. The second-order valence-electron chi connectivity index (χ2n) is 1.66. The van der Waals surface area contributed by atoms with Gasteiger partial charge in [0.25, 0.3) is 0 Å². The highest BCUT2D eigenvalue weighted by Gasteiger charge is 2.07. The van der Waals surface area contributed by atoms with E-state index >= 15 is 0 Å². The Morgan fingerprint density at radius 3 is 1.75 bits per heavy atom. The first-order chi connectivity index (χ1) is 5.45.